The van der Waals surface area contributed by atoms with Crippen LogP contribution in [0.4, 0.5) is 10.1 Å². The quantitative estimate of drug-likeness (QED) is 0.468. The van der Waals surface area contributed by atoms with Crippen LogP contribution in [0.25, 0.3) is 0 Å². The van der Waals surface area contributed by atoms with Crippen molar-refractivity contribution < 1.29 is 22.3 Å². The molecule has 1 N–H and O–H groups in total. The first-order chi connectivity index (χ1) is 16.1. The van der Waals surface area contributed by atoms with Gasteiger partial charge in [0.05, 0.1) is 23.2 Å². The van der Waals surface area contributed by atoms with Crippen molar-refractivity contribution in [2.45, 2.75) is 38.6 Å². The molecule has 1 amide bonds. The van der Waals surface area contributed by atoms with Crippen molar-refractivity contribution in [1.82, 2.24) is 5.32 Å². The third-order valence-electron chi connectivity index (χ3n) is 5.40. The number of halogens is 1. The second-order valence-electron chi connectivity index (χ2n) is 8.04. The van der Waals surface area contributed by atoms with E-state index in [1.807, 2.05) is 45.9 Å². The highest BCUT2D eigenvalue weighted by Gasteiger charge is 2.28. The van der Waals surface area contributed by atoms with Gasteiger partial charge in [-0.2, -0.15) is 0 Å². The fraction of sp³-hybridized carbons (Fsp3) is 0.269. The Morgan fingerprint density at radius 2 is 1.68 bits per heavy atom. The molecule has 1 atom stereocenters. The molecule has 0 aromatic heterocycles. The summed E-state index contributed by atoms with van der Waals surface area (Å²) in [7, 11) is -4.11. The number of hydrogen-bond acceptors (Lipinski definition) is 4. The van der Waals surface area contributed by atoms with Gasteiger partial charge >= 0.3 is 0 Å². The van der Waals surface area contributed by atoms with Crippen LogP contribution in [-0.4, -0.2) is 27.5 Å². The summed E-state index contributed by atoms with van der Waals surface area (Å²) in [6, 6.07) is 16.6. The lowest BCUT2D eigenvalue weighted by atomic mass is 10.00. The molecule has 0 saturated heterocycles. The van der Waals surface area contributed by atoms with Crippen LogP contribution in [0.2, 0.25) is 0 Å². The lowest BCUT2D eigenvalue weighted by molar-refractivity contribution is -0.120. The Labute approximate surface area is 200 Å². The van der Waals surface area contributed by atoms with E-state index in [-0.39, 0.29) is 16.6 Å². The van der Waals surface area contributed by atoms with Crippen LogP contribution in [0.3, 0.4) is 0 Å². The minimum atomic E-state index is -4.11. The van der Waals surface area contributed by atoms with Crippen LogP contribution in [0.15, 0.2) is 71.6 Å². The smallest absolute Gasteiger partial charge is 0.264 e. The molecule has 0 aliphatic carbocycles. The van der Waals surface area contributed by atoms with Gasteiger partial charge in [-0.25, -0.2) is 12.8 Å². The van der Waals surface area contributed by atoms with Crippen molar-refractivity contribution in [1.29, 1.82) is 0 Å². The van der Waals surface area contributed by atoms with Gasteiger partial charge in [-0.15, -0.1) is 0 Å². The Balaban J connectivity index is 1.89. The molecular weight excluding hydrogens is 455 g/mol. The number of ether oxygens (including phenoxy) is 1. The number of carbonyl (C=O) groups excluding carboxylic acids is 1. The first-order valence-corrected chi connectivity index (χ1v) is 12.4. The highest BCUT2D eigenvalue weighted by atomic mass is 32.2. The number of sulfonamides is 1. The molecule has 1 unspecified atom stereocenters. The second-order valence-corrected chi connectivity index (χ2v) is 9.90. The minimum Gasteiger partial charge on any atom is -0.494 e. The van der Waals surface area contributed by atoms with Crippen LogP contribution in [0, 0.1) is 19.7 Å². The summed E-state index contributed by atoms with van der Waals surface area (Å²) in [6.45, 7) is 7.60. The fourth-order valence-corrected chi connectivity index (χ4v) is 5.07. The summed E-state index contributed by atoms with van der Waals surface area (Å²) < 4.78 is 46.9. The van der Waals surface area contributed by atoms with Crippen LogP contribution in [0.5, 0.6) is 5.75 Å². The predicted octanol–water partition coefficient (Wildman–Crippen LogP) is 4.91. The predicted molar refractivity (Wildman–Crippen MR) is 131 cm³/mol. The van der Waals surface area contributed by atoms with E-state index in [0.717, 1.165) is 33.1 Å². The Morgan fingerprint density at radius 1 is 1.03 bits per heavy atom. The first-order valence-electron chi connectivity index (χ1n) is 11.0. The molecule has 0 saturated carbocycles. The highest BCUT2D eigenvalue weighted by molar-refractivity contribution is 7.92. The number of nitrogens with zero attached hydrogens (tertiary/aromatic N) is 1. The van der Waals surface area contributed by atoms with E-state index < -0.39 is 28.3 Å². The molecule has 34 heavy (non-hydrogen) atoms. The number of nitrogens with one attached hydrogen (secondary N) is 1. The average Bonchev–Trinajstić information content (AvgIpc) is 2.80. The summed E-state index contributed by atoms with van der Waals surface area (Å²) >= 11 is 0. The van der Waals surface area contributed by atoms with E-state index in [1.54, 1.807) is 12.1 Å². The third-order valence-corrected chi connectivity index (χ3v) is 7.19. The van der Waals surface area contributed by atoms with Gasteiger partial charge in [-0.05, 0) is 87.4 Å². The maximum Gasteiger partial charge on any atom is 0.264 e. The SMILES string of the molecule is CCOc1ccc(S(=O)(=O)N(CC(=O)NC(C)c2cc(C)ccc2C)c2ccc(F)cc2)cc1. The molecule has 0 bridgehead atoms. The molecule has 0 fully saturated rings. The van der Waals surface area contributed by atoms with Gasteiger partial charge in [0.25, 0.3) is 10.0 Å². The van der Waals surface area contributed by atoms with Crippen LogP contribution in [0.1, 0.15) is 36.6 Å². The lowest BCUT2D eigenvalue weighted by Gasteiger charge is -2.25. The summed E-state index contributed by atoms with van der Waals surface area (Å²) in [5, 5.41) is 2.89. The van der Waals surface area contributed by atoms with Gasteiger partial charge in [0.1, 0.15) is 18.1 Å². The monoisotopic (exact) mass is 484 g/mol. The largest absolute Gasteiger partial charge is 0.494 e. The molecule has 0 aliphatic rings. The second kappa shape index (κ2) is 10.7. The van der Waals surface area contributed by atoms with E-state index in [2.05, 4.69) is 5.32 Å². The van der Waals surface area contributed by atoms with E-state index in [9.17, 15) is 17.6 Å². The molecule has 0 radical (unpaired) electrons. The number of amides is 1. The van der Waals surface area contributed by atoms with Crippen molar-refractivity contribution in [3.8, 4) is 5.75 Å². The molecule has 6 nitrogen and oxygen atoms in total. The third kappa shape index (κ3) is 5.94. The van der Waals surface area contributed by atoms with Gasteiger partial charge in [-0.3, -0.25) is 9.10 Å². The van der Waals surface area contributed by atoms with E-state index in [1.165, 1.54) is 24.3 Å². The zero-order valence-electron chi connectivity index (χ0n) is 19.7. The molecule has 8 heteroatoms. The van der Waals surface area contributed by atoms with Crippen LogP contribution >= 0.6 is 0 Å². The molecule has 3 aromatic carbocycles. The molecule has 180 valence electrons. The van der Waals surface area contributed by atoms with Crippen molar-refractivity contribution in [3.63, 3.8) is 0 Å². The normalized spacial score (nSPS) is 12.1. The summed E-state index contributed by atoms with van der Waals surface area (Å²) in [5.74, 6) is -0.447. The summed E-state index contributed by atoms with van der Waals surface area (Å²) in [5.41, 5.74) is 3.23. The highest BCUT2D eigenvalue weighted by Crippen LogP contribution is 2.26. The lowest BCUT2D eigenvalue weighted by Crippen LogP contribution is -2.41. The van der Waals surface area contributed by atoms with Gasteiger partial charge in [0.2, 0.25) is 5.91 Å². The Bertz CT molecular complexity index is 1240. The van der Waals surface area contributed by atoms with Crippen molar-refractivity contribution in [2.75, 3.05) is 17.5 Å². The zero-order chi connectivity index (χ0) is 24.9. The van der Waals surface area contributed by atoms with E-state index in [4.69, 9.17) is 4.74 Å². The standard InChI is InChI=1S/C26H29FN2O4S/c1-5-33-23-12-14-24(15-13-23)34(31,32)29(22-10-8-21(27)9-11-22)17-26(30)28-20(4)25-16-18(2)6-7-19(25)3/h6-16,20H,5,17H2,1-4H3,(H,28,30). The van der Waals surface area contributed by atoms with Gasteiger partial charge in [-0.1, -0.05) is 23.8 Å². The number of hydrogen-bond donors (Lipinski definition) is 1. The molecule has 3 rings (SSSR count). The number of rotatable bonds is 9. The molecule has 0 heterocycles. The number of carbonyl (C=O) groups is 1. The first kappa shape index (κ1) is 25.2. The number of aryl methyl sites for hydroxylation is 2. The van der Waals surface area contributed by atoms with Crippen LogP contribution < -0.4 is 14.4 Å². The Hall–Kier alpha value is -3.39. The number of benzene rings is 3. The molecular formula is C26H29FN2O4S. The van der Waals surface area contributed by atoms with Crippen molar-refractivity contribution in [2.24, 2.45) is 0 Å². The van der Waals surface area contributed by atoms with Gasteiger partial charge in [0, 0.05) is 0 Å². The fourth-order valence-electron chi connectivity index (χ4n) is 3.65. The molecule has 3 aromatic rings. The van der Waals surface area contributed by atoms with Gasteiger partial charge < -0.3 is 10.1 Å². The summed E-state index contributed by atoms with van der Waals surface area (Å²) in [6.07, 6.45) is 0. The maximum absolute atomic E-state index is 13.5. The average molecular weight is 485 g/mol. The minimum absolute atomic E-state index is 0.00402. The number of anilines is 1. The van der Waals surface area contributed by atoms with E-state index >= 15 is 0 Å². The van der Waals surface area contributed by atoms with Crippen molar-refractivity contribution >= 4 is 21.6 Å². The van der Waals surface area contributed by atoms with E-state index in [0.29, 0.717) is 12.4 Å². The Kier molecular flexibility index (Phi) is 7.94. The maximum atomic E-state index is 13.5. The zero-order valence-corrected chi connectivity index (χ0v) is 20.5. The molecule has 0 aliphatic heterocycles. The van der Waals surface area contributed by atoms with Crippen molar-refractivity contribution in [3.05, 3.63) is 89.2 Å². The molecule has 0 spiro atoms. The summed E-state index contributed by atoms with van der Waals surface area (Å²) in [4.78, 5) is 13.0. The topological polar surface area (TPSA) is 75.7 Å². The van der Waals surface area contributed by atoms with Crippen LogP contribution in [-0.2, 0) is 14.8 Å². The Morgan fingerprint density at radius 3 is 2.29 bits per heavy atom. The van der Waals surface area contributed by atoms with Gasteiger partial charge in [0.15, 0.2) is 0 Å².